The van der Waals surface area contributed by atoms with Crippen LogP contribution in [0.25, 0.3) is 10.9 Å². The van der Waals surface area contributed by atoms with Gasteiger partial charge in [0.05, 0.1) is 11.1 Å². The average Bonchev–Trinajstić information content (AvgIpc) is 2.67. The molecular weight excluding hydrogens is 338 g/mol. The average molecular weight is 361 g/mol. The van der Waals surface area contributed by atoms with Crippen LogP contribution in [0.3, 0.4) is 0 Å². The third kappa shape index (κ3) is 3.75. The van der Waals surface area contributed by atoms with Crippen molar-refractivity contribution in [2.24, 2.45) is 0 Å². The van der Waals surface area contributed by atoms with Crippen LogP contribution in [0.1, 0.15) is 51.4 Å². The van der Waals surface area contributed by atoms with E-state index in [-0.39, 0.29) is 5.78 Å². The minimum absolute atomic E-state index is 0.213. The molecule has 0 spiro atoms. The topological polar surface area (TPSA) is 56.3 Å². The Bertz CT molecular complexity index is 1010. The fourth-order valence-corrected chi connectivity index (χ4v) is 3.19. The second-order valence-corrected chi connectivity index (χ2v) is 6.71. The predicted octanol–water partition coefficient (Wildman–Crippen LogP) is 4.84. The van der Waals surface area contributed by atoms with Gasteiger partial charge in [-0.3, -0.25) is 9.78 Å². The third-order valence-electron chi connectivity index (χ3n) is 4.76. The molecule has 3 rings (SSSR count). The number of para-hydroxylation sites is 1. The molecule has 3 aromatic rings. The van der Waals surface area contributed by atoms with Gasteiger partial charge in [0.15, 0.2) is 6.10 Å². The molecule has 0 bridgehead atoms. The summed E-state index contributed by atoms with van der Waals surface area (Å²) in [5, 5.41) is 0.743. The summed E-state index contributed by atoms with van der Waals surface area (Å²) >= 11 is 0. The number of hydrogen-bond acceptors (Lipinski definition) is 4. The fourth-order valence-electron chi connectivity index (χ4n) is 3.19. The Morgan fingerprint density at radius 1 is 1.04 bits per heavy atom. The van der Waals surface area contributed by atoms with Crippen LogP contribution in [0, 0.1) is 13.8 Å². The summed E-state index contributed by atoms with van der Waals surface area (Å²) in [6, 6.07) is 14.7. The van der Waals surface area contributed by atoms with E-state index in [1.54, 1.807) is 19.1 Å². The van der Waals surface area contributed by atoms with Crippen LogP contribution in [-0.2, 0) is 11.2 Å². The monoisotopic (exact) mass is 361 g/mol. The number of hydrogen-bond donors (Lipinski definition) is 0. The maximum atomic E-state index is 12.9. The number of carbonyl (C=O) groups is 2. The molecule has 1 atom stereocenters. The van der Waals surface area contributed by atoms with Gasteiger partial charge in [-0.05, 0) is 38.8 Å². The number of ketones is 1. The van der Waals surface area contributed by atoms with Crippen LogP contribution < -0.4 is 0 Å². The van der Waals surface area contributed by atoms with Crippen LogP contribution in [0.5, 0.6) is 0 Å². The molecule has 0 saturated heterocycles. The molecule has 0 unspecified atom stereocenters. The molecule has 0 aliphatic carbocycles. The fraction of sp³-hybridized carbons (Fsp3) is 0.261. The molecular formula is C23H23NO3. The summed E-state index contributed by atoms with van der Waals surface area (Å²) < 4.78 is 5.56. The van der Waals surface area contributed by atoms with Gasteiger partial charge in [-0.25, -0.2) is 4.79 Å². The van der Waals surface area contributed by atoms with Gasteiger partial charge in [0.2, 0.25) is 5.78 Å². The SMILES string of the molecule is CCc1nc2ccccc2c(C(=O)O[C@@H](C)C(=O)c2ccc(C)cc2)c1C. The van der Waals surface area contributed by atoms with E-state index in [0.29, 0.717) is 11.1 Å². The van der Waals surface area contributed by atoms with Crippen molar-refractivity contribution in [3.63, 3.8) is 0 Å². The van der Waals surface area contributed by atoms with E-state index in [4.69, 9.17) is 4.74 Å². The molecule has 1 aromatic heterocycles. The van der Waals surface area contributed by atoms with Crippen molar-refractivity contribution in [3.05, 3.63) is 76.5 Å². The number of esters is 1. The van der Waals surface area contributed by atoms with Gasteiger partial charge < -0.3 is 4.74 Å². The smallest absolute Gasteiger partial charge is 0.339 e. The lowest BCUT2D eigenvalue weighted by atomic mass is 10.00. The van der Waals surface area contributed by atoms with E-state index in [1.165, 1.54) is 0 Å². The summed E-state index contributed by atoms with van der Waals surface area (Å²) in [5.74, 6) is -0.705. The lowest BCUT2D eigenvalue weighted by Crippen LogP contribution is -2.25. The first kappa shape index (κ1) is 18.8. The van der Waals surface area contributed by atoms with E-state index in [1.807, 2.05) is 57.2 Å². The second-order valence-electron chi connectivity index (χ2n) is 6.71. The Morgan fingerprint density at radius 3 is 2.37 bits per heavy atom. The van der Waals surface area contributed by atoms with E-state index in [2.05, 4.69) is 4.98 Å². The molecule has 0 saturated carbocycles. The van der Waals surface area contributed by atoms with Crippen molar-refractivity contribution >= 4 is 22.7 Å². The van der Waals surface area contributed by atoms with Crippen LogP contribution >= 0.6 is 0 Å². The van der Waals surface area contributed by atoms with E-state index in [0.717, 1.165) is 34.1 Å². The molecule has 138 valence electrons. The van der Waals surface area contributed by atoms with Gasteiger partial charge >= 0.3 is 5.97 Å². The second kappa shape index (κ2) is 7.70. The lowest BCUT2D eigenvalue weighted by Gasteiger charge is -2.16. The normalized spacial score (nSPS) is 12.0. The molecule has 0 N–H and O–H groups in total. The first-order chi connectivity index (χ1) is 12.9. The summed E-state index contributed by atoms with van der Waals surface area (Å²) in [6.45, 7) is 7.45. The highest BCUT2D eigenvalue weighted by molar-refractivity contribution is 6.07. The molecule has 0 fully saturated rings. The Kier molecular flexibility index (Phi) is 5.36. The number of fused-ring (bicyclic) bond motifs is 1. The Labute approximate surface area is 159 Å². The number of benzene rings is 2. The van der Waals surface area contributed by atoms with Gasteiger partial charge in [-0.15, -0.1) is 0 Å². The molecule has 1 heterocycles. The summed E-state index contributed by atoms with van der Waals surface area (Å²) in [7, 11) is 0. The van der Waals surface area contributed by atoms with Crippen molar-refractivity contribution in [1.82, 2.24) is 4.98 Å². The summed E-state index contributed by atoms with van der Waals surface area (Å²) in [4.78, 5) is 30.2. The number of aryl methyl sites for hydroxylation is 2. The van der Waals surface area contributed by atoms with Crippen LogP contribution in [0.4, 0.5) is 0 Å². The van der Waals surface area contributed by atoms with Gasteiger partial charge in [0.25, 0.3) is 0 Å². The maximum absolute atomic E-state index is 12.9. The number of rotatable bonds is 5. The zero-order chi connectivity index (χ0) is 19.6. The molecule has 0 amide bonds. The Hall–Kier alpha value is -3.01. The quantitative estimate of drug-likeness (QED) is 0.482. The van der Waals surface area contributed by atoms with Crippen LogP contribution in [0.2, 0.25) is 0 Å². The zero-order valence-electron chi connectivity index (χ0n) is 16.1. The van der Waals surface area contributed by atoms with Gasteiger partial charge in [-0.1, -0.05) is 55.0 Å². The number of Topliss-reactive ketones (excluding diaryl/α,β-unsaturated/α-hetero) is 1. The molecule has 0 aliphatic rings. The van der Waals surface area contributed by atoms with Gasteiger partial charge in [0, 0.05) is 16.6 Å². The third-order valence-corrected chi connectivity index (χ3v) is 4.76. The number of ether oxygens (including phenoxy) is 1. The van der Waals surface area contributed by atoms with Crippen LogP contribution in [0.15, 0.2) is 48.5 Å². The van der Waals surface area contributed by atoms with Crippen molar-refractivity contribution < 1.29 is 14.3 Å². The minimum Gasteiger partial charge on any atom is -0.451 e. The molecule has 2 aromatic carbocycles. The molecule has 0 aliphatic heterocycles. The maximum Gasteiger partial charge on any atom is 0.339 e. The van der Waals surface area contributed by atoms with Gasteiger partial charge in [-0.2, -0.15) is 0 Å². The molecule has 4 nitrogen and oxygen atoms in total. The Morgan fingerprint density at radius 2 is 1.70 bits per heavy atom. The first-order valence-corrected chi connectivity index (χ1v) is 9.12. The van der Waals surface area contributed by atoms with Crippen LogP contribution in [-0.4, -0.2) is 22.8 Å². The number of carbonyl (C=O) groups excluding carboxylic acids is 2. The van der Waals surface area contributed by atoms with E-state index in [9.17, 15) is 9.59 Å². The molecule has 27 heavy (non-hydrogen) atoms. The Balaban J connectivity index is 1.93. The van der Waals surface area contributed by atoms with Crippen molar-refractivity contribution in [1.29, 1.82) is 0 Å². The number of nitrogens with zero attached hydrogens (tertiary/aromatic N) is 1. The highest BCUT2D eigenvalue weighted by Gasteiger charge is 2.24. The predicted molar refractivity (Wildman–Crippen MR) is 106 cm³/mol. The van der Waals surface area contributed by atoms with Crippen molar-refractivity contribution in [2.45, 2.75) is 40.2 Å². The van der Waals surface area contributed by atoms with Crippen molar-refractivity contribution in [3.8, 4) is 0 Å². The van der Waals surface area contributed by atoms with E-state index < -0.39 is 12.1 Å². The highest BCUT2D eigenvalue weighted by atomic mass is 16.5. The standard InChI is InChI=1S/C23H23NO3/c1-5-19-15(3)21(18-8-6-7-9-20(18)24-19)23(26)27-16(4)22(25)17-12-10-14(2)11-13-17/h6-13,16H,5H2,1-4H3/t16-/m0/s1. The number of aromatic nitrogens is 1. The zero-order valence-corrected chi connectivity index (χ0v) is 16.1. The number of pyridine rings is 1. The van der Waals surface area contributed by atoms with Crippen molar-refractivity contribution in [2.75, 3.05) is 0 Å². The molecule has 0 radical (unpaired) electrons. The van der Waals surface area contributed by atoms with E-state index >= 15 is 0 Å². The summed E-state index contributed by atoms with van der Waals surface area (Å²) in [5.41, 5.74) is 4.51. The largest absolute Gasteiger partial charge is 0.451 e. The molecule has 4 heteroatoms. The van der Waals surface area contributed by atoms with Gasteiger partial charge in [0.1, 0.15) is 0 Å². The lowest BCUT2D eigenvalue weighted by molar-refractivity contribution is 0.0320. The minimum atomic E-state index is -0.864. The first-order valence-electron chi connectivity index (χ1n) is 9.12. The summed E-state index contributed by atoms with van der Waals surface area (Å²) in [6.07, 6.45) is -0.147. The highest BCUT2D eigenvalue weighted by Crippen LogP contribution is 2.25.